The molecule has 0 bridgehead atoms. The van der Waals surface area contributed by atoms with Gasteiger partial charge in [-0.1, -0.05) is 51.3 Å². The van der Waals surface area contributed by atoms with E-state index >= 15 is 0 Å². The fourth-order valence-electron chi connectivity index (χ4n) is 1.72. The molecule has 0 spiro atoms. The Morgan fingerprint density at radius 3 is 2.19 bits per heavy atom. The molecule has 0 saturated heterocycles. The van der Waals surface area contributed by atoms with Crippen LogP contribution in [-0.4, -0.2) is 5.25 Å². The van der Waals surface area contributed by atoms with Crippen LogP contribution in [0.5, 0.6) is 0 Å². The minimum absolute atomic E-state index is 0.737. The van der Waals surface area contributed by atoms with Crippen molar-refractivity contribution in [1.82, 2.24) is 0 Å². The molecule has 0 fully saturated rings. The second-order valence-electron chi connectivity index (χ2n) is 5.07. The zero-order chi connectivity index (χ0) is 12.0. The first kappa shape index (κ1) is 13.6. The van der Waals surface area contributed by atoms with Crippen molar-refractivity contribution in [3.05, 3.63) is 29.8 Å². The molecule has 0 aromatic heterocycles. The van der Waals surface area contributed by atoms with Gasteiger partial charge in [0.15, 0.2) is 0 Å². The third kappa shape index (κ3) is 5.60. The first-order chi connectivity index (χ1) is 7.58. The Bertz CT molecular complexity index is 287. The SMILES string of the molecule is Cc1ccc(SC(C)CCCC(C)C)cc1. The van der Waals surface area contributed by atoms with Gasteiger partial charge in [0, 0.05) is 10.1 Å². The van der Waals surface area contributed by atoms with Crippen LogP contribution in [0.3, 0.4) is 0 Å². The summed E-state index contributed by atoms with van der Waals surface area (Å²) in [5, 5.41) is 0.737. The molecule has 0 radical (unpaired) electrons. The summed E-state index contributed by atoms with van der Waals surface area (Å²) < 4.78 is 0. The third-order valence-electron chi connectivity index (χ3n) is 2.75. The average molecular weight is 236 g/mol. The minimum atomic E-state index is 0.737. The van der Waals surface area contributed by atoms with Crippen LogP contribution in [0.15, 0.2) is 29.2 Å². The van der Waals surface area contributed by atoms with Crippen molar-refractivity contribution < 1.29 is 0 Å². The lowest BCUT2D eigenvalue weighted by Crippen LogP contribution is -1.97. The molecular formula is C15H24S. The van der Waals surface area contributed by atoms with Crippen molar-refractivity contribution in [2.75, 3.05) is 0 Å². The smallest absolute Gasteiger partial charge is 0.00748 e. The Kier molecular flexibility index (Phi) is 5.97. The number of hydrogen-bond acceptors (Lipinski definition) is 1. The summed E-state index contributed by atoms with van der Waals surface area (Å²) >= 11 is 2.00. The maximum absolute atomic E-state index is 2.34. The molecule has 0 saturated carbocycles. The van der Waals surface area contributed by atoms with Crippen LogP contribution in [-0.2, 0) is 0 Å². The second-order valence-corrected chi connectivity index (χ2v) is 6.58. The molecule has 1 heteroatoms. The largest absolute Gasteiger partial charge is 0.123 e. The highest BCUT2D eigenvalue weighted by Crippen LogP contribution is 2.26. The highest BCUT2D eigenvalue weighted by Gasteiger charge is 2.04. The molecule has 1 rings (SSSR count). The number of aryl methyl sites for hydroxylation is 1. The second kappa shape index (κ2) is 7.01. The van der Waals surface area contributed by atoms with E-state index in [1.165, 1.54) is 29.7 Å². The van der Waals surface area contributed by atoms with Crippen LogP contribution in [0.4, 0.5) is 0 Å². The van der Waals surface area contributed by atoms with Gasteiger partial charge in [-0.25, -0.2) is 0 Å². The zero-order valence-electron chi connectivity index (χ0n) is 11.0. The standard InChI is InChI=1S/C15H24S/c1-12(2)6-5-7-14(4)16-15-10-8-13(3)9-11-15/h8-12,14H,5-7H2,1-4H3. The Morgan fingerprint density at radius 1 is 1.00 bits per heavy atom. The van der Waals surface area contributed by atoms with Crippen LogP contribution in [0.1, 0.15) is 45.6 Å². The number of hydrogen-bond donors (Lipinski definition) is 0. The van der Waals surface area contributed by atoms with Crippen LogP contribution < -0.4 is 0 Å². The average Bonchev–Trinajstić information content (AvgIpc) is 2.21. The molecule has 1 atom stereocenters. The summed E-state index contributed by atoms with van der Waals surface area (Å²) in [6.07, 6.45) is 4.05. The van der Waals surface area contributed by atoms with Gasteiger partial charge in [-0.05, 0) is 31.4 Å². The molecule has 16 heavy (non-hydrogen) atoms. The van der Waals surface area contributed by atoms with Crippen molar-refractivity contribution in [3.8, 4) is 0 Å². The van der Waals surface area contributed by atoms with E-state index in [0.717, 1.165) is 11.2 Å². The van der Waals surface area contributed by atoms with Gasteiger partial charge >= 0.3 is 0 Å². The molecule has 90 valence electrons. The monoisotopic (exact) mass is 236 g/mol. The molecule has 1 unspecified atom stereocenters. The molecule has 1 aromatic carbocycles. The highest BCUT2D eigenvalue weighted by atomic mass is 32.2. The fraction of sp³-hybridized carbons (Fsp3) is 0.600. The van der Waals surface area contributed by atoms with E-state index in [0.29, 0.717) is 0 Å². The Labute approximate surface area is 105 Å². The normalized spacial score (nSPS) is 13.1. The number of thioether (sulfide) groups is 1. The summed E-state index contributed by atoms with van der Waals surface area (Å²) in [4.78, 5) is 1.41. The van der Waals surface area contributed by atoms with Crippen molar-refractivity contribution in [3.63, 3.8) is 0 Å². The number of benzene rings is 1. The van der Waals surface area contributed by atoms with Crippen LogP contribution in [0.2, 0.25) is 0 Å². The van der Waals surface area contributed by atoms with Crippen LogP contribution in [0.25, 0.3) is 0 Å². The van der Waals surface area contributed by atoms with E-state index in [1.54, 1.807) is 0 Å². The van der Waals surface area contributed by atoms with Crippen molar-refractivity contribution >= 4 is 11.8 Å². The molecule has 0 aliphatic heterocycles. The first-order valence-electron chi connectivity index (χ1n) is 6.31. The maximum atomic E-state index is 2.34. The Morgan fingerprint density at radius 2 is 1.62 bits per heavy atom. The summed E-state index contributed by atoms with van der Waals surface area (Å²) in [6, 6.07) is 8.87. The van der Waals surface area contributed by atoms with Gasteiger partial charge in [-0.2, -0.15) is 0 Å². The van der Waals surface area contributed by atoms with E-state index in [9.17, 15) is 0 Å². The summed E-state index contributed by atoms with van der Waals surface area (Å²) in [6.45, 7) is 9.08. The molecule has 0 heterocycles. The first-order valence-corrected chi connectivity index (χ1v) is 7.19. The minimum Gasteiger partial charge on any atom is -0.123 e. The van der Waals surface area contributed by atoms with Gasteiger partial charge in [0.25, 0.3) is 0 Å². The number of rotatable bonds is 6. The Hall–Kier alpha value is -0.430. The van der Waals surface area contributed by atoms with Gasteiger partial charge in [-0.3, -0.25) is 0 Å². The third-order valence-corrected chi connectivity index (χ3v) is 3.93. The molecule has 0 nitrogen and oxygen atoms in total. The van der Waals surface area contributed by atoms with Crippen molar-refractivity contribution in [2.24, 2.45) is 5.92 Å². The van der Waals surface area contributed by atoms with E-state index in [-0.39, 0.29) is 0 Å². The molecule has 0 aliphatic carbocycles. The summed E-state index contributed by atoms with van der Waals surface area (Å²) in [7, 11) is 0. The van der Waals surface area contributed by atoms with E-state index in [2.05, 4.69) is 52.0 Å². The van der Waals surface area contributed by atoms with E-state index < -0.39 is 0 Å². The predicted octanol–water partition coefficient (Wildman–Crippen LogP) is 5.30. The van der Waals surface area contributed by atoms with Crippen molar-refractivity contribution in [2.45, 2.75) is 57.1 Å². The molecule has 1 aromatic rings. The van der Waals surface area contributed by atoms with Gasteiger partial charge in [-0.15, -0.1) is 11.8 Å². The van der Waals surface area contributed by atoms with E-state index in [4.69, 9.17) is 0 Å². The topological polar surface area (TPSA) is 0 Å². The van der Waals surface area contributed by atoms with Gasteiger partial charge in [0.2, 0.25) is 0 Å². The summed E-state index contributed by atoms with van der Waals surface area (Å²) in [5.74, 6) is 0.844. The van der Waals surface area contributed by atoms with Crippen LogP contribution >= 0.6 is 11.8 Å². The Balaban J connectivity index is 2.28. The molecule has 0 N–H and O–H groups in total. The van der Waals surface area contributed by atoms with Crippen molar-refractivity contribution in [1.29, 1.82) is 0 Å². The lowest BCUT2D eigenvalue weighted by Gasteiger charge is -2.12. The molecular weight excluding hydrogens is 212 g/mol. The highest BCUT2D eigenvalue weighted by molar-refractivity contribution is 7.99. The van der Waals surface area contributed by atoms with Gasteiger partial charge < -0.3 is 0 Å². The zero-order valence-corrected chi connectivity index (χ0v) is 11.8. The fourth-order valence-corrected chi connectivity index (χ4v) is 2.76. The van der Waals surface area contributed by atoms with Gasteiger partial charge in [0.1, 0.15) is 0 Å². The van der Waals surface area contributed by atoms with Gasteiger partial charge in [0.05, 0.1) is 0 Å². The lowest BCUT2D eigenvalue weighted by atomic mass is 10.1. The van der Waals surface area contributed by atoms with E-state index in [1.807, 2.05) is 11.8 Å². The molecule has 0 aliphatic rings. The lowest BCUT2D eigenvalue weighted by molar-refractivity contribution is 0.537. The summed E-state index contributed by atoms with van der Waals surface area (Å²) in [5.41, 5.74) is 1.34. The van der Waals surface area contributed by atoms with Crippen LogP contribution in [0, 0.1) is 12.8 Å². The molecule has 0 amide bonds. The predicted molar refractivity (Wildman–Crippen MR) is 75.2 cm³/mol. The quantitative estimate of drug-likeness (QED) is 0.604. The maximum Gasteiger partial charge on any atom is 0.00748 e.